The average molecular weight is 299 g/mol. The van der Waals surface area contributed by atoms with Crippen LogP contribution in [0.5, 0.6) is 0 Å². The summed E-state index contributed by atoms with van der Waals surface area (Å²) in [4.78, 5) is 13.7. The van der Waals surface area contributed by atoms with E-state index in [1.165, 1.54) is 38.8 Å². The zero-order chi connectivity index (χ0) is 15.7. The van der Waals surface area contributed by atoms with Crippen molar-refractivity contribution in [2.45, 2.75) is 58.2 Å². The molecule has 122 valence electrons. The van der Waals surface area contributed by atoms with Gasteiger partial charge in [0.25, 0.3) is 0 Å². The van der Waals surface area contributed by atoms with Crippen LogP contribution in [0.3, 0.4) is 0 Å². The smallest absolute Gasteiger partial charge is 0.451 e. The number of hydrogen-bond acceptors (Lipinski definition) is 4. The van der Waals surface area contributed by atoms with Crippen LogP contribution in [0.25, 0.3) is 0 Å². The SMILES string of the molecule is CCB(O)O.O=C(O)[C@H]1CCCCC1CN1CCCCC1. The van der Waals surface area contributed by atoms with Crippen LogP contribution in [0.15, 0.2) is 0 Å². The zero-order valence-electron chi connectivity index (χ0n) is 13.2. The fourth-order valence-electron chi connectivity index (χ4n) is 3.22. The lowest BCUT2D eigenvalue weighted by Gasteiger charge is -2.35. The second-order valence-corrected chi connectivity index (χ2v) is 6.24. The molecule has 2 rings (SSSR count). The number of rotatable bonds is 4. The molecule has 0 bridgehead atoms. The highest BCUT2D eigenvalue weighted by Crippen LogP contribution is 2.31. The largest absolute Gasteiger partial charge is 0.481 e. The molecule has 21 heavy (non-hydrogen) atoms. The first kappa shape index (κ1) is 18.5. The Morgan fingerprint density at radius 3 is 2.19 bits per heavy atom. The number of likely N-dealkylation sites (tertiary alicyclic amines) is 1. The summed E-state index contributed by atoms with van der Waals surface area (Å²) >= 11 is 0. The van der Waals surface area contributed by atoms with Gasteiger partial charge in [-0.25, -0.2) is 0 Å². The van der Waals surface area contributed by atoms with E-state index in [0.717, 1.165) is 25.8 Å². The fraction of sp³-hybridized carbons (Fsp3) is 0.933. The van der Waals surface area contributed by atoms with Gasteiger partial charge in [-0.1, -0.05) is 26.2 Å². The molecule has 3 N–H and O–H groups in total. The van der Waals surface area contributed by atoms with Gasteiger partial charge in [0.05, 0.1) is 5.92 Å². The Balaban J connectivity index is 0.000000383. The quantitative estimate of drug-likeness (QED) is 0.690. The van der Waals surface area contributed by atoms with Crippen LogP contribution < -0.4 is 0 Å². The minimum atomic E-state index is -1.12. The van der Waals surface area contributed by atoms with Gasteiger partial charge < -0.3 is 20.1 Å². The van der Waals surface area contributed by atoms with E-state index in [1.54, 1.807) is 6.92 Å². The minimum absolute atomic E-state index is 0.0734. The molecule has 1 unspecified atom stereocenters. The molecule has 1 aliphatic heterocycles. The highest BCUT2D eigenvalue weighted by atomic mass is 16.4. The number of nitrogens with zero attached hydrogens (tertiary/aromatic N) is 1. The molecule has 1 heterocycles. The summed E-state index contributed by atoms with van der Waals surface area (Å²) in [6, 6.07) is 0. The van der Waals surface area contributed by atoms with Crippen molar-refractivity contribution >= 4 is 13.1 Å². The molecule has 5 nitrogen and oxygen atoms in total. The van der Waals surface area contributed by atoms with Gasteiger partial charge in [0.2, 0.25) is 0 Å². The first-order valence-corrected chi connectivity index (χ1v) is 8.35. The summed E-state index contributed by atoms with van der Waals surface area (Å²) < 4.78 is 0. The van der Waals surface area contributed by atoms with Crippen molar-refractivity contribution in [3.05, 3.63) is 0 Å². The molecule has 0 radical (unpaired) electrons. The van der Waals surface area contributed by atoms with E-state index in [4.69, 9.17) is 10.0 Å². The van der Waals surface area contributed by atoms with Crippen LogP contribution in [-0.2, 0) is 4.79 Å². The van der Waals surface area contributed by atoms with Crippen molar-refractivity contribution in [3.8, 4) is 0 Å². The zero-order valence-corrected chi connectivity index (χ0v) is 13.2. The molecular weight excluding hydrogens is 269 g/mol. The van der Waals surface area contributed by atoms with Crippen LogP contribution in [0, 0.1) is 11.8 Å². The van der Waals surface area contributed by atoms with Gasteiger partial charge in [0.1, 0.15) is 0 Å². The Morgan fingerprint density at radius 2 is 1.67 bits per heavy atom. The standard InChI is InChI=1S/C13H23NO2.C2H7BO2/c15-13(16)12-7-3-2-6-11(12)10-14-8-4-1-5-9-14;1-2-3(4)5/h11-12H,1-10H2,(H,15,16);4-5H,2H2,1H3/t11?,12-;/m0./s1. The second-order valence-electron chi connectivity index (χ2n) is 6.24. The van der Waals surface area contributed by atoms with Gasteiger partial charge in [-0.3, -0.25) is 4.79 Å². The maximum atomic E-state index is 11.2. The molecule has 0 aromatic rings. The predicted molar refractivity (Wildman–Crippen MR) is 84.0 cm³/mol. The van der Waals surface area contributed by atoms with Gasteiger partial charge in [0.15, 0.2) is 0 Å². The molecule has 1 saturated heterocycles. The second kappa shape index (κ2) is 10.2. The molecule has 0 spiro atoms. The number of carbonyl (C=O) groups is 1. The van der Waals surface area contributed by atoms with Crippen LogP contribution in [0.1, 0.15) is 51.9 Å². The van der Waals surface area contributed by atoms with Gasteiger partial charge in [-0.15, -0.1) is 0 Å². The molecule has 0 aromatic heterocycles. The molecule has 1 aliphatic carbocycles. The van der Waals surface area contributed by atoms with E-state index in [9.17, 15) is 9.90 Å². The summed E-state index contributed by atoms with van der Waals surface area (Å²) in [6.07, 6.45) is 8.70. The summed E-state index contributed by atoms with van der Waals surface area (Å²) in [5.41, 5.74) is 0. The van der Waals surface area contributed by atoms with E-state index in [0.29, 0.717) is 12.2 Å². The van der Waals surface area contributed by atoms with Crippen LogP contribution >= 0.6 is 0 Å². The Hall–Kier alpha value is -0.585. The Morgan fingerprint density at radius 1 is 1.10 bits per heavy atom. The normalized spacial score (nSPS) is 26.6. The highest BCUT2D eigenvalue weighted by molar-refractivity contribution is 6.40. The van der Waals surface area contributed by atoms with Crippen molar-refractivity contribution in [1.82, 2.24) is 4.90 Å². The van der Waals surface area contributed by atoms with E-state index in [-0.39, 0.29) is 5.92 Å². The molecule has 0 aromatic carbocycles. The average Bonchev–Trinajstić information content (AvgIpc) is 2.49. The van der Waals surface area contributed by atoms with Gasteiger partial charge in [-0.2, -0.15) is 0 Å². The number of carboxylic acids is 1. The monoisotopic (exact) mass is 299 g/mol. The van der Waals surface area contributed by atoms with Crippen LogP contribution in [0.2, 0.25) is 6.32 Å². The summed E-state index contributed by atoms with van der Waals surface area (Å²) in [5.74, 6) is -0.235. The number of hydrogen-bond donors (Lipinski definition) is 3. The van der Waals surface area contributed by atoms with Crippen molar-refractivity contribution < 1.29 is 19.9 Å². The fourth-order valence-corrected chi connectivity index (χ4v) is 3.22. The lowest BCUT2D eigenvalue weighted by Crippen LogP contribution is -2.39. The third-order valence-corrected chi connectivity index (χ3v) is 4.53. The maximum Gasteiger partial charge on any atom is 0.451 e. The van der Waals surface area contributed by atoms with E-state index < -0.39 is 13.1 Å². The third kappa shape index (κ3) is 7.29. The summed E-state index contributed by atoms with van der Waals surface area (Å²) in [6.45, 7) is 5.09. The molecule has 1 saturated carbocycles. The molecule has 0 amide bonds. The molecule has 6 heteroatoms. The van der Waals surface area contributed by atoms with E-state index in [2.05, 4.69) is 4.90 Å². The maximum absolute atomic E-state index is 11.2. The number of piperidine rings is 1. The van der Waals surface area contributed by atoms with E-state index in [1.807, 2.05) is 0 Å². The first-order chi connectivity index (χ1) is 10.0. The van der Waals surface area contributed by atoms with Crippen molar-refractivity contribution in [3.63, 3.8) is 0 Å². The summed E-state index contributed by atoms with van der Waals surface area (Å²) in [5, 5.41) is 25.1. The number of aliphatic carboxylic acids is 1. The Labute approximate surface area is 128 Å². The van der Waals surface area contributed by atoms with E-state index >= 15 is 0 Å². The van der Waals surface area contributed by atoms with Crippen molar-refractivity contribution in [1.29, 1.82) is 0 Å². The van der Waals surface area contributed by atoms with Gasteiger partial charge in [-0.05, 0) is 51.0 Å². The van der Waals surface area contributed by atoms with Gasteiger partial charge in [0, 0.05) is 6.54 Å². The minimum Gasteiger partial charge on any atom is -0.481 e. The lowest BCUT2D eigenvalue weighted by molar-refractivity contribution is -0.145. The van der Waals surface area contributed by atoms with Gasteiger partial charge >= 0.3 is 13.1 Å². The summed E-state index contributed by atoms with van der Waals surface area (Å²) in [7, 11) is -1.12. The first-order valence-electron chi connectivity index (χ1n) is 8.35. The Kier molecular flexibility index (Phi) is 8.96. The lowest BCUT2D eigenvalue weighted by atomic mass is 9.79. The van der Waals surface area contributed by atoms with Crippen LogP contribution in [-0.4, -0.2) is 52.8 Å². The van der Waals surface area contributed by atoms with Crippen molar-refractivity contribution in [2.75, 3.05) is 19.6 Å². The third-order valence-electron chi connectivity index (χ3n) is 4.53. The predicted octanol–water partition coefficient (Wildman–Crippen LogP) is 1.84. The molecule has 2 aliphatic rings. The molecule has 2 atom stereocenters. The molecular formula is C15H30BNO4. The van der Waals surface area contributed by atoms with Crippen LogP contribution in [0.4, 0.5) is 0 Å². The Bertz CT molecular complexity index is 295. The highest BCUT2D eigenvalue weighted by Gasteiger charge is 2.31. The van der Waals surface area contributed by atoms with Crippen molar-refractivity contribution in [2.24, 2.45) is 11.8 Å². The number of carboxylic acid groups (broad SMARTS) is 1. The topological polar surface area (TPSA) is 81.0 Å². The molecule has 2 fully saturated rings.